The molecule has 1 aliphatic rings. The van der Waals surface area contributed by atoms with Crippen LogP contribution in [0.4, 0.5) is 0 Å². The minimum absolute atomic E-state index is 0.913. The summed E-state index contributed by atoms with van der Waals surface area (Å²) >= 11 is 2.31. The van der Waals surface area contributed by atoms with E-state index in [1.54, 1.807) is 0 Å². The lowest BCUT2D eigenvalue weighted by Gasteiger charge is -2.16. The Morgan fingerprint density at radius 3 is 2.33 bits per heavy atom. The molecule has 0 aromatic carbocycles. The Morgan fingerprint density at radius 1 is 1.11 bits per heavy atom. The van der Waals surface area contributed by atoms with Crippen molar-refractivity contribution in [1.82, 2.24) is 0 Å². The molecule has 0 aromatic rings. The molecule has 0 heterocycles. The Hall–Kier alpha value is 0.470. The van der Waals surface area contributed by atoms with Crippen LogP contribution in [0.1, 0.15) is 32.1 Å². The molecule has 0 atom stereocenters. The van der Waals surface area contributed by atoms with Crippen LogP contribution in [-0.2, 0) is 0 Å². The van der Waals surface area contributed by atoms with E-state index >= 15 is 0 Å². The highest BCUT2D eigenvalue weighted by molar-refractivity contribution is 14.1. The fraction of sp³-hybridized carbons (Fsp3) is 0.750. The first-order valence-electron chi connectivity index (χ1n) is 3.70. The van der Waals surface area contributed by atoms with Gasteiger partial charge in [-0.05, 0) is 22.8 Å². The number of hydrogen-bond donors (Lipinski definition) is 0. The summed E-state index contributed by atoms with van der Waals surface area (Å²) in [4.78, 5) is 0. The monoisotopic (exact) mass is 236 g/mol. The van der Waals surface area contributed by atoms with E-state index in [0.29, 0.717) is 0 Å². The van der Waals surface area contributed by atoms with Crippen molar-refractivity contribution >= 4 is 22.6 Å². The van der Waals surface area contributed by atoms with Gasteiger partial charge in [0, 0.05) is 0 Å². The van der Waals surface area contributed by atoms with Gasteiger partial charge in [-0.25, -0.2) is 0 Å². The zero-order valence-corrected chi connectivity index (χ0v) is 7.80. The van der Waals surface area contributed by atoms with Gasteiger partial charge < -0.3 is 0 Å². The van der Waals surface area contributed by atoms with Crippen LogP contribution in [0.15, 0.2) is 10.2 Å². The average molecular weight is 236 g/mol. The van der Waals surface area contributed by atoms with Gasteiger partial charge in [-0.2, -0.15) is 0 Å². The fourth-order valence-electron chi connectivity index (χ4n) is 1.43. The Morgan fingerprint density at radius 2 is 1.78 bits per heavy atom. The zero-order valence-electron chi connectivity index (χ0n) is 5.65. The molecule has 1 aliphatic carbocycles. The molecule has 0 bridgehead atoms. The third-order valence-corrected chi connectivity index (χ3v) is 2.41. The van der Waals surface area contributed by atoms with Crippen LogP contribution in [-0.4, -0.2) is 0 Å². The van der Waals surface area contributed by atoms with Crippen molar-refractivity contribution in [2.75, 3.05) is 0 Å². The predicted molar refractivity (Wildman–Crippen MR) is 49.7 cm³/mol. The molecule has 1 heteroatoms. The molecule has 0 amide bonds. The van der Waals surface area contributed by atoms with Crippen LogP contribution in [0, 0.1) is 5.92 Å². The van der Waals surface area contributed by atoms with Gasteiger partial charge in [0.25, 0.3) is 0 Å². The SMILES string of the molecule is IC=CC1CCCCC1. The predicted octanol–water partition coefficient (Wildman–Crippen LogP) is 3.52. The topological polar surface area (TPSA) is 0 Å². The third-order valence-electron chi connectivity index (χ3n) is 1.99. The largest absolute Gasteiger partial charge is 0.0753 e. The van der Waals surface area contributed by atoms with Crippen molar-refractivity contribution in [3.05, 3.63) is 10.2 Å². The lowest BCUT2D eigenvalue weighted by molar-refractivity contribution is 0.420. The molecule has 0 spiro atoms. The van der Waals surface area contributed by atoms with Gasteiger partial charge in [0.15, 0.2) is 0 Å². The fourth-order valence-corrected chi connectivity index (χ4v) is 2.02. The van der Waals surface area contributed by atoms with E-state index in [9.17, 15) is 0 Å². The molecule has 1 fully saturated rings. The summed E-state index contributed by atoms with van der Waals surface area (Å²) in [5, 5.41) is 0. The normalized spacial score (nSPS) is 23.2. The maximum absolute atomic E-state index is 2.35. The van der Waals surface area contributed by atoms with Crippen molar-refractivity contribution in [1.29, 1.82) is 0 Å². The quantitative estimate of drug-likeness (QED) is 0.611. The summed E-state index contributed by atoms with van der Waals surface area (Å²) in [6.45, 7) is 0. The molecule has 0 aliphatic heterocycles. The van der Waals surface area contributed by atoms with Gasteiger partial charge in [0.1, 0.15) is 0 Å². The van der Waals surface area contributed by atoms with Gasteiger partial charge in [0.2, 0.25) is 0 Å². The van der Waals surface area contributed by atoms with Crippen LogP contribution in [0.3, 0.4) is 0 Å². The van der Waals surface area contributed by atoms with Gasteiger partial charge >= 0.3 is 0 Å². The second-order valence-electron chi connectivity index (χ2n) is 2.72. The Bertz CT molecular complexity index is 90.7. The smallest absolute Gasteiger partial charge is 0.0226 e. The van der Waals surface area contributed by atoms with E-state index in [2.05, 4.69) is 32.7 Å². The molecule has 0 aromatic heterocycles. The van der Waals surface area contributed by atoms with Gasteiger partial charge in [-0.3, -0.25) is 0 Å². The molecular weight excluding hydrogens is 223 g/mol. The van der Waals surface area contributed by atoms with E-state index in [4.69, 9.17) is 0 Å². The minimum Gasteiger partial charge on any atom is -0.0753 e. The molecule has 52 valence electrons. The highest BCUT2D eigenvalue weighted by Gasteiger charge is 2.08. The first-order chi connectivity index (χ1) is 4.43. The summed E-state index contributed by atoms with van der Waals surface area (Å²) in [6, 6.07) is 0. The third kappa shape index (κ3) is 2.70. The van der Waals surface area contributed by atoms with Crippen molar-refractivity contribution in [2.45, 2.75) is 32.1 Å². The van der Waals surface area contributed by atoms with Crippen LogP contribution in [0.25, 0.3) is 0 Å². The van der Waals surface area contributed by atoms with Crippen molar-refractivity contribution < 1.29 is 0 Å². The summed E-state index contributed by atoms with van der Waals surface area (Å²) in [7, 11) is 0. The second-order valence-corrected chi connectivity index (χ2v) is 3.44. The second kappa shape index (κ2) is 4.31. The maximum Gasteiger partial charge on any atom is -0.0226 e. The van der Waals surface area contributed by atoms with Crippen LogP contribution in [0.5, 0.6) is 0 Å². The molecule has 1 rings (SSSR count). The number of allylic oxidation sites excluding steroid dienone is 1. The van der Waals surface area contributed by atoms with Crippen molar-refractivity contribution in [3.8, 4) is 0 Å². The van der Waals surface area contributed by atoms with Crippen molar-refractivity contribution in [3.63, 3.8) is 0 Å². The number of rotatable bonds is 1. The Labute approximate surface area is 70.9 Å². The number of hydrogen-bond acceptors (Lipinski definition) is 0. The highest BCUT2D eigenvalue weighted by atomic mass is 127. The summed E-state index contributed by atoms with van der Waals surface area (Å²) < 4.78 is 2.16. The number of halogens is 1. The molecule has 0 saturated heterocycles. The Kier molecular flexibility index (Phi) is 3.63. The van der Waals surface area contributed by atoms with Crippen LogP contribution in [0.2, 0.25) is 0 Å². The molecule has 1 saturated carbocycles. The van der Waals surface area contributed by atoms with E-state index in [-0.39, 0.29) is 0 Å². The van der Waals surface area contributed by atoms with Gasteiger partial charge in [0.05, 0.1) is 0 Å². The summed E-state index contributed by atoms with van der Waals surface area (Å²) in [6.07, 6.45) is 9.57. The van der Waals surface area contributed by atoms with E-state index in [1.165, 1.54) is 32.1 Å². The van der Waals surface area contributed by atoms with Crippen LogP contribution >= 0.6 is 22.6 Å². The highest BCUT2D eigenvalue weighted by Crippen LogP contribution is 2.24. The lowest BCUT2D eigenvalue weighted by Crippen LogP contribution is -2.01. The molecule has 0 N–H and O–H groups in total. The first kappa shape index (κ1) is 7.58. The molecule has 0 nitrogen and oxygen atoms in total. The molecule has 0 radical (unpaired) electrons. The van der Waals surface area contributed by atoms with Gasteiger partial charge in [-0.15, -0.1) is 0 Å². The minimum atomic E-state index is 0.913. The molecule has 9 heavy (non-hydrogen) atoms. The zero-order chi connectivity index (χ0) is 6.53. The van der Waals surface area contributed by atoms with Crippen molar-refractivity contribution in [2.24, 2.45) is 5.92 Å². The summed E-state index contributed by atoms with van der Waals surface area (Å²) in [5.41, 5.74) is 0. The van der Waals surface area contributed by atoms with E-state index in [1.807, 2.05) is 0 Å². The summed E-state index contributed by atoms with van der Waals surface area (Å²) in [5.74, 6) is 0.913. The molecular formula is C8H13I. The van der Waals surface area contributed by atoms with Gasteiger partial charge in [-0.1, -0.05) is 47.9 Å². The van der Waals surface area contributed by atoms with Crippen LogP contribution < -0.4 is 0 Å². The Balaban J connectivity index is 2.23. The standard InChI is InChI=1S/C8H13I/c9-7-6-8-4-2-1-3-5-8/h6-8H,1-5H2. The lowest BCUT2D eigenvalue weighted by atomic mass is 9.90. The van der Waals surface area contributed by atoms with E-state index in [0.717, 1.165) is 5.92 Å². The average Bonchev–Trinajstić information content (AvgIpc) is 1.91. The molecule has 0 unspecified atom stereocenters. The first-order valence-corrected chi connectivity index (χ1v) is 4.95. The maximum atomic E-state index is 2.35. The van der Waals surface area contributed by atoms with E-state index < -0.39 is 0 Å².